The van der Waals surface area contributed by atoms with Crippen LogP contribution in [0, 0.1) is 6.92 Å². The van der Waals surface area contributed by atoms with Gasteiger partial charge in [-0.15, -0.1) is 0 Å². The minimum Gasteiger partial charge on any atom is -0.477 e. The molecule has 1 heterocycles. The average Bonchev–Trinajstić information content (AvgIpc) is 2.73. The van der Waals surface area contributed by atoms with Crippen molar-refractivity contribution in [1.82, 2.24) is 4.90 Å². The summed E-state index contributed by atoms with van der Waals surface area (Å²) >= 11 is 0. The standard InChI is InChI=1S/C15H18N2O4/c1-9-6-10(7-17(2)3)4-5-11(9)16-14-13(15(19)20)12(18)8-21-14/h4-6,16H,7-8H2,1-3H3,(H,19,20). The van der Waals surface area contributed by atoms with Crippen molar-refractivity contribution in [3.8, 4) is 0 Å². The van der Waals surface area contributed by atoms with Crippen LogP contribution in [0.15, 0.2) is 29.7 Å². The lowest BCUT2D eigenvalue weighted by molar-refractivity contribution is -0.134. The maximum absolute atomic E-state index is 11.5. The van der Waals surface area contributed by atoms with Gasteiger partial charge in [0.05, 0.1) is 0 Å². The summed E-state index contributed by atoms with van der Waals surface area (Å²) in [5, 5.41) is 11.9. The second kappa shape index (κ2) is 5.97. The quantitative estimate of drug-likeness (QED) is 0.797. The van der Waals surface area contributed by atoms with Gasteiger partial charge in [0.1, 0.15) is 0 Å². The number of hydrogen-bond donors (Lipinski definition) is 2. The van der Waals surface area contributed by atoms with E-state index in [9.17, 15) is 9.59 Å². The van der Waals surface area contributed by atoms with Gasteiger partial charge < -0.3 is 20.1 Å². The summed E-state index contributed by atoms with van der Waals surface area (Å²) in [5.41, 5.74) is 2.50. The Bertz CT molecular complexity index is 620. The summed E-state index contributed by atoms with van der Waals surface area (Å²) in [4.78, 5) is 24.6. The predicted molar refractivity (Wildman–Crippen MR) is 77.8 cm³/mol. The Labute approximate surface area is 123 Å². The minimum absolute atomic E-state index is 0.0101. The highest BCUT2D eigenvalue weighted by atomic mass is 16.5. The third-order valence-electron chi connectivity index (χ3n) is 3.11. The van der Waals surface area contributed by atoms with Crippen molar-refractivity contribution in [3.63, 3.8) is 0 Å². The first kappa shape index (κ1) is 15.1. The zero-order chi connectivity index (χ0) is 15.6. The second-order valence-electron chi connectivity index (χ2n) is 5.23. The Hall–Kier alpha value is -2.34. The van der Waals surface area contributed by atoms with Crippen LogP contribution >= 0.6 is 0 Å². The number of carbonyl (C=O) groups excluding carboxylic acids is 1. The third-order valence-corrected chi connectivity index (χ3v) is 3.11. The smallest absolute Gasteiger partial charge is 0.344 e. The molecule has 6 heteroatoms. The first-order chi connectivity index (χ1) is 9.88. The number of carboxylic acids is 1. The van der Waals surface area contributed by atoms with Crippen LogP contribution in [0.4, 0.5) is 5.69 Å². The highest BCUT2D eigenvalue weighted by Crippen LogP contribution is 2.23. The van der Waals surface area contributed by atoms with Gasteiger partial charge in [0.15, 0.2) is 12.2 Å². The highest BCUT2D eigenvalue weighted by molar-refractivity contribution is 6.19. The fourth-order valence-corrected chi connectivity index (χ4v) is 2.18. The van der Waals surface area contributed by atoms with Crippen LogP contribution < -0.4 is 5.32 Å². The molecule has 0 spiro atoms. The van der Waals surface area contributed by atoms with Gasteiger partial charge in [-0.25, -0.2) is 4.79 Å². The van der Waals surface area contributed by atoms with Crippen LogP contribution in [-0.4, -0.2) is 42.5 Å². The molecule has 1 aromatic carbocycles. The average molecular weight is 290 g/mol. The van der Waals surface area contributed by atoms with Crippen molar-refractivity contribution in [1.29, 1.82) is 0 Å². The molecule has 0 saturated heterocycles. The number of nitrogens with one attached hydrogen (secondary N) is 1. The number of Topliss-reactive ketones (excluding diaryl/α,β-unsaturated/α-hetero) is 1. The number of benzene rings is 1. The van der Waals surface area contributed by atoms with E-state index in [4.69, 9.17) is 9.84 Å². The van der Waals surface area contributed by atoms with E-state index >= 15 is 0 Å². The molecule has 21 heavy (non-hydrogen) atoms. The molecular weight excluding hydrogens is 272 g/mol. The van der Waals surface area contributed by atoms with Crippen molar-refractivity contribution >= 4 is 17.4 Å². The molecule has 1 aromatic rings. The summed E-state index contributed by atoms with van der Waals surface area (Å²) in [6.07, 6.45) is 0. The summed E-state index contributed by atoms with van der Waals surface area (Å²) in [6.45, 7) is 2.50. The number of anilines is 1. The molecule has 112 valence electrons. The molecule has 0 unspecified atom stereocenters. The lowest BCUT2D eigenvalue weighted by Crippen LogP contribution is -2.13. The molecule has 2 N–H and O–H groups in total. The van der Waals surface area contributed by atoms with E-state index in [0.717, 1.165) is 23.4 Å². The number of carbonyl (C=O) groups is 2. The van der Waals surface area contributed by atoms with E-state index in [2.05, 4.69) is 10.2 Å². The van der Waals surface area contributed by atoms with Gasteiger partial charge in [0.25, 0.3) is 0 Å². The van der Waals surface area contributed by atoms with Crippen LogP contribution in [0.1, 0.15) is 11.1 Å². The molecule has 0 amide bonds. The molecule has 0 atom stereocenters. The Morgan fingerprint density at radius 2 is 2.14 bits per heavy atom. The summed E-state index contributed by atoms with van der Waals surface area (Å²) in [6, 6.07) is 5.82. The Morgan fingerprint density at radius 1 is 1.43 bits per heavy atom. The number of ether oxygens (including phenoxy) is 1. The van der Waals surface area contributed by atoms with E-state index in [1.807, 2.05) is 39.2 Å². The van der Waals surface area contributed by atoms with Crippen molar-refractivity contribution in [2.75, 3.05) is 26.0 Å². The number of hydrogen-bond acceptors (Lipinski definition) is 5. The molecule has 0 aromatic heterocycles. The topological polar surface area (TPSA) is 78.9 Å². The zero-order valence-electron chi connectivity index (χ0n) is 12.3. The first-order valence-corrected chi connectivity index (χ1v) is 6.53. The maximum Gasteiger partial charge on any atom is 0.344 e. The van der Waals surface area contributed by atoms with Crippen molar-refractivity contribution in [2.45, 2.75) is 13.5 Å². The van der Waals surface area contributed by atoms with Crippen LogP contribution in [0.2, 0.25) is 0 Å². The first-order valence-electron chi connectivity index (χ1n) is 6.53. The molecule has 0 bridgehead atoms. The van der Waals surface area contributed by atoms with Crippen LogP contribution in [0.5, 0.6) is 0 Å². The molecule has 0 radical (unpaired) electrons. The molecule has 1 aliphatic rings. The van der Waals surface area contributed by atoms with Crippen LogP contribution in [-0.2, 0) is 20.9 Å². The normalized spacial score (nSPS) is 14.6. The number of nitrogens with zero attached hydrogens (tertiary/aromatic N) is 1. The van der Waals surface area contributed by atoms with Crippen LogP contribution in [0.25, 0.3) is 0 Å². The van der Waals surface area contributed by atoms with E-state index < -0.39 is 11.8 Å². The molecule has 0 saturated carbocycles. The van der Waals surface area contributed by atoms with Gasteiger partial charge in [-0.3, -0.25) is 4.79 Å². The number of aryl methyl sites for hydroxylation is 1. The van der Waals surface area contributed by atoms with Crippen molar-refractivity contribution < 1.29 is 19.4 Å². The van der Waals surface area contributed by atoms with Gasteiger partial charge >= 0.3 is 5.97 Å². The molecule has 2 rings (SSSR count). The predicted octanol–water partition coefficient (Wildman–Crippen LogP) is 1.36. The largest absolute Gasteiger partial charge is 0.477 e. The highest BCUT2D eigenvalue weighted by Gasteiger charge is 2.31. The number of ketones is 1. The Morgan fingerprint density at radius 3 is 2.71 bits per heavy atom. The summed E-state index contributed by atoms with van der Waals surface area (Å²) in [5.74, 6) is -1.79. The summed E-state index contributed by atoms with van der Waals surface area (Å²) in [7, 11) is 3.98. The SMILES string of the molecule is Cc1cc(CN(C)C)ccc1NC1=C(C(=O)O)C(=O)CO1. The Balaban J connectivity index is 2.24. The van der Waals surface area contributed by atoms with E-state index in [1.54, 1.807) is 0 Å². The number of aliphatic carboxylic acids is 1. The maximum atomic E-state index is 11.5. The Kier molecular flexibility index (Phi) is 4.28. The molecular formula is C15H18N2O4. The molecule has 6 nitrogen and oxygen atoms in total. The van der Waals surface area contributed by atoms with Gasteiger partial charge in [0.2, 0.25) is 11.7 Å². The number of carboxylic acid groups (broad SMARTS) is 1. The van der Waals surface area contributed by atoms with Crippen LogP contribution in [0.3, 0.4) is 0 Å². The van der Waals surface area contributed by atoms with Gasteiger partial charge in [-0.2, -0.15) is 0 Å². The lowest BCUT2D eigenvalue weighted by atomic mass is 10.1. The van der Waals surface area contributed by atoms with Gasteiger partial charge in [0, 0.05) is 12.2 Å². The van der Waals surface area contributed by atoms with Crippen molar-refractivity contribution in [2.24, 2.45) is 0 Å². The lowest BCUT2D eigenvalue weighted by Gasteiger charge is -2.14. The third kappa shape index (κ3) is 3.41. The molecule has 1 aliphatic heterocycles. The van der Waals surface area contributed by atoms with Gasteiger partial charge in [-0.1, -0.05) is 12.1 Å². The monoisotopic (exact) mass is 290 g/mol. The van der Waals surface area contributed by atoms with Gasteiger partial charge in [-0.05, 0) is 38.2 Å². The van der Waals surface area contributed by atoms with E-state index in [1.165, 1.54) is 0 Å². The number of rotatable bonds is 5. The van der Waals surface area contributed by atoms with E-state index in [-0.39, 0.29) is 18.1 Å². The fourth-order valence-electron chi connectivity index (χ4n) is 2.18. The molecule has 0 aliphatic carbocycles. The van der Waals surface area contributed by atoms with Crippen molar-refractivity contribution in [3.05, 3.63) is 40.8 Å². The zero-order valence-corrected chi connectivity index (χ0v) is 12.3. The van der Waals surface area contributed by atoms with E-state index in [0.29, 0.717) is 0 Å². The fraction of sp³-hybridized carbons (Fsp3) is 0.333. The second-order valence-corrected chi connectivity index (χ2v) is 5.23. The molecule has 0 fully saturated rings. The summed E-state index contributed by atoms with van der Waals surface area (Å²) < 4.78 is 5.12. The minimum atomic E-state index is -1.28.